The third-order valence-electron chi connectivity index (χ3n) is 3.33. The Hall–Kier alpha value is -2.05. The number of rotatable bonds is 8. The van der Waals surface area contributed by atoms with Gasteiger partial charge in [0.15, 0.2) is 0 Å². The summed E-state index contributed by atoms with van der Waals surface area (Å²) in [5, 5.41) is 14.0. The zero-order valence-corrected chi connectivity index (χ0v) is 12.2. The minimum atomic E-state index is -1.17. The number of hydrogen-bond acceptors (Lipinski definition) is 4. The number of carbonyl (C=O) groups is 3. The molecule has 0 saturated heterocycles. The van der Waals surface area contributed by atoms with Crippen molar-refractivity contribution in [3.63, 3.8) is 0 Å². The first-order valence-corrected chi connectivity index (χ1v) is 7.05. The molecule has 2 amide bonds. The molecule has 0 aromatic heterocycles. The van der Waals surface area contributed by atoms with E-state index >= 15 is 0 Å². The molecule has 1 aliphatic rings. The smallest absolute Gasteiger partial charge is 0.326 e. The van der Waals surface area contributed by atoms with Crippen LogP contribution in [0, 0.1) is 0 Å². The molecule has 7 nitrogen and oxygen atoms in total. The fourth-order valence-corrected chi connectivity index (χ4v) is 2.13. The zero-order chi connectivity index (χ0) is 15.7. The maximum Gasteiger partial charge on any atom is 0.326 e. The fourth-order valence-electron chi connectivity index (χ4n) is 2.13. The summed E-state index contributed by atoms with van der Waals surface area (Å²) >= 11 is 0. The molecule has 1 aliphatic carbocycles. The van der Waals surface area contributed by atoms with Crippen molar-refractivity contribution in [1.29, 1.82) is 0 Å². The van der Waals surface area contributed by atoms with Crippen molar-refractivity contribution in [2.45, 2.75) is 44.6 Å². The summed E-state index contributed by atoms with van der Waals surface area (Å²) in [5.41, 5.74) is 1.33. The molecule has 0 saturated carbocycles. The second-order valence-electron chi connectivity index (χ2n) is 4.91. The van der Waals surface area contributed by atoms with E-state index in [9.17, 15) is 14.4 Å². The standard InChI is InChI=1S/C14H22N2O5/c1-21-12(17)7-6-11(13(18)19)16-14(20)15-9-8-10-4-2-3-5-10/h4,11H,2-3,5-9H2,1H3,(H,18,19)(H2,15,16,20)/t11-/m1/s1. The Morgan fingerprint density at radius 1 is 1.43 bits per heavy atom. The maximum atomic E-state index is 11.6. The molecule has 1 rings (SSSR count). The molecule has 21 heavy (non-hydrogen) atoms. The highest BCUT2D eigenvalue weighted by atomic mass is 16.5. The molecular formula is C14H22N2O5. The van der Waals surface area contributed by atoms with Gasteiger partial charge in [-0.05, 0) is 32.1 Å². The van der Waals surface area contributed by atoms with Gasteiger partial charge in [0.25, 0.3) is 0 Å². The largest absolute Gasteiger partial charge is 0.480 e. The molecule has 0 aliphatic heterocycles. The number of nitrogens with one attached hydrogen (secondary N) is 2. The van der Waals surface area contributed by atoms with Crippen LogP contribution in [0.1, 0.15) is 38.5 Å². The Kier molecular flexibility index (Phi) is 7.28. The lowest BCUT2D eigenvalue weighted by molar-refractivity contribution is -0.142. The Morgan fingerprint density at radius 2 is 2.19 bits per heavy atom. The Bertz CT molecular complexity index is 420. The molecule has 118 valence electrons. The van der Waals surface area contributed by atoms with E-state index in [0.29, 0.717) is 6.54 Å². The van der Waals surface area contributed by atoms with E-state index in [1.54, 1.807) is 0 Å². The van der Waals surface area contributed by atoms with Crippen molar-refractivity contribution in [1.82, 2.24) is 10.6 Å². The van der Waals surface area contributed by atoms with Gasteiger partial charge in [0.2, 0.25) is 0 Å². The van der Waals surface area contributed by atoms with Crippen LogP contribution in [0.25, 0.3) is 0 Å². The van der Waals surface area contributed by atoms with E-state index in [2.05, 4.69) is 21.4 Å². The van der Waals surface area contributed by atoms with Crippen molar-refractivity contribution >= 4 is 18.0 Å². The molecule has 0 unspecified atom stereocenters. The number of carboxylic acids is 1. The van der Waals surface area contributed by atoms with Gasteiger partial charge in [0.05, 0.1) is 7.11 Å². The zero-order valence-electron chi connectivity index (χ0n) is 12.2. The van der Waals surface area contributed by atoms with Crippen LogP contribution in [-0.2, 0) is 14.3 Å². The topological polar surface area (TPSA) is 105 Å². The molecule has 0 radical (unpaired) electrons. The quantitative estimate of drug-likeness (QED) is 0.461. The predicted molar refractivity (Wildman–Crippen MR) is 75.8 cm³/mol. The van der Waals surface area contributed by atoms with Gasteiger partial charge in [-0.2, -0.15) is 0 Å². The highest BCUT2D eigenvalue weighted by Gasteiger charge is 2.21. The van der Waals surface area contributed by atoms with E-state index in [1.165, 1.54) is 12.7 Å². The summed E-state index contributed by atoms with van der Waals surface area (Å²) in [7, 11) is 1.23. The lowest BCUT2D eigenvalue weighted by Crippen LogP contribution is -2.46. The van der Waals surface area contributed by atoms with Crippen molar-refractivity contribution in [2.75, 3.05) is 13.7 Å². The molecule has 1 atom stereocenters. The van der Waals surface area contributed by atoms with Crippen LogP contribution < -0.4 is 10.6 Å². The highest BCUT2D eigenvalue weighted by Crippen LogP contribution is 2.19. The Labute approximate surface area is 123 Å². The molecule has 0 fully saturated rings. The van der Waals surface area contributed by atoms with Crippen molar-refractivity contribution in [2.24, 2.45) is 0 Å². The minimum absolute atomic E-state index is 0.000575. The van der Waals surface area contributed by atoms with E-state index in [1.807, 2.05) is 0 Å². The number of amides is 2. The third-order valence-corrected chi connectivity index (χ3v) is 3.33. The number of carbonyl (C=O) groups excluding carboxylic acids is 2. The second kappa shape index (κ2) is 8.99. The van der Waals surface area contributed by atoms with E-state index in [4.69, 9.17) is 5.11 Å². The van der Waals surface area contributed by atoms with E-state index < -0.39 is 24.0 Å². The number of methoxy groups -OCH3 is 1. The SMILES string of the molecule is COC(=O)CC[C@@H](NC(=O)NCCC1=CCCC1)C(=O)O. The minimum Gasteiger partial charge on any atom is -0.480 e. The fraction of sp³-hybridized carbons (Fsp3) is 0.643. The lowest BCUT2D eigenvalue weighted by Gasteiger charge is -2.14. The molecule has 0 spiro atoms. The van der Waals surface area contributed by atoms with Gasteiger partial charge in [-0.3, -0.25) is 4.79 Å². The van der Waals surface area contributed by atoms with E-state index in [-0.39, 0.29) is 12.8 Å². The summed E-state index contributed by atoms with van der Waals surface area (Å²) in [6, 6.07) is -1.64. The van der Waals surface area contributed by atoms with Crippen molar-refractivity contribution in [3.8, 4) is 0 Å². The molecule has 0 aromatic rings. The Balaban J connectivity index is 2.27. The third kappa shape index (κ3) is 6.78. The molecule has 3 N–H and O–H groups in total. The van der Waals surface area contributed by atoms with Gasteiger partial charge in [0.1, 0.15) is 6.04 Å². The lowest BCUT2D eigenvalue weighted by atomic mass is 10.1. The van der Waals surface area contributed by atoms with Gasteiger partial charge in [-0.1, -0.05) is 11.6 Å². The predicted octanol–water partition coefficient (Wildman–Crippen LogP) is 1.19. The Morgan fingerprint density at radius 3 is 2.76 bits per heavy atom. The van der Waals surface area contributed by atoms with Gasteiger partial charge in [-0.25, -0.2) is 9.59 Å². The van der Waals surface area contributed by atoms with Crippen LogP contribution in [0.15, 0.2) is 11.6 Å². The first-order valence-electron chi connectivity index (χ1n) is 7.05. The number of carboxylic acid groups (broad SMARTS) is 1. The van der Waals surface area contributed by atoms with Crippen LogP contribution in [0.4, 0.5) is 4.79 Å². The first-order chi connectivity index (χ1) is 10.0. The molecular weight excluding hydrogens is 276 g/mol. The number of hydrogen-bond donors (Lipinski definition) is 3. The summed E-state index contributed by atoms with van der Waals surface area (Å²) in [6.07, 6.45) is 6.23. The number of esters is 1. The summed E-state index contributed by atoms with van der Waals surface area (Å²) < 4.78 is 4.44. The molecule has 7 heteroatoms. The summed E-state index contributed by atoms with van der Waals surface area (Å²) in [5.74, 6) is -1.68. The van der Waals surface area contributed by atoms with Crippen LogP contribution in [-0.4, -0.2) is 42.8 Å². The first kappa shape index (κ1) is 17.0. The van der Waals surface area contributed by atoms with Crippen LogP contribution in [0.3, 0.4) is 0 Å². The van der Waals surface area contributed by atoms with Gasteiger partial charge in [0, 0.05) is 13.0 Å². The van der Waals surface area contributed by atoms with E-state index in [0.717, 1.165) is 25.7 Å². The number of urea groups is 1. The van der Waals surface area contributed by atoms with Gasteiger partial charge >= 0.3 is 18.0 Å². The maximum absolute atomic E-state index is 11.6. The monoisotopic (exact) mass is 298 g/mol. The van der Waals surface area contributed by atoms with Gasteiger partial charge < -0.3 is 20.5 Å². The number of ether oxygens (including phenoxy) is 1. The number of aliphatic carboxylic acids is 1. The van der Waals surface area contributed by atoms with Crippen LogP contribution >= 0.6 is 0 Å². The van der Waals surface area contributed by atoms with Crippen molar-refractivity contribution in [3.05, 3.63) is 11.6 Å². The molecule has 0 bridgehead atoms. The average molecular weight is 298 g/mol. The summed E-state index contributed by atoms with van der Waals surface area (Å²) in [6.45, 7) is 0.473. The molecule has 0 heterocycles. The second-order valence-corrected chi connectivity index (χ2v) is 4.91. The van der Waals surface area contributed by atoms with Gasteiger partial charge in [-0.15, -0.1) is 0 Å². The van der Waals surface area contributed by atoms with Crippen molar-refractivity contribution < 1.29 is 24.2 Å². The summed E-state index contributed by atoms with van der Waals surface area (Å²) in [4.78, 5) is 33.6. The molecule has 0 aromatic carbocycles. The normalized spacial score (nSPS) is 15.0. The number of allylic oxidation sites excluding steroid dienone is 1. The highest BCUT2D eigenvalue weighted by molar-refractivity contribution is 5.83. The average Bonchev–Trinajstić information content (AvgIpc) is 2.95. The van der Waals surface area contributed by atoms with Crippen LogP contribution in [0.5, 0.6) is 0 Å². The van der Waals surface area contributed by atoms with Crippen LogP contribution in [0.2, 0.25) is 0 Å².